The number of hydrogen-bond donors (Lipinski definition) is 1. The van der Waals surface area contributed by atoms with Crippen molar-refractivity contribution in [3.63, 3.8) is 0 Å². The van der Waals surface area contributed by atoms with Crippen LogP contribution in [0, 0.1) is 13.8 Å². The van der Waals surface area contributed by atoms with Crippen LogP contribution in [0.1, 0.15) is 33.0 Å². The molecule has 1 N–H and O–H groups in total. The highest BCUT2D eigenvalue weighted by atomic mass is 16.3. The van der Waals surface area contributed by atoms with Gasteiger partial charge in [-0.25, -0.2) is 4.90 Å². The maximum absolute atomic E-state index is 13.1. The van der Waals surface area contributed by atoms with E-state index in [-0.39, 0.29) is 25.0 Å². The SMILES string of the molecule is Cc1ccc(N2C(=O)c3ccccc3[C@@H](C=NCCO)C2=O)c(C)c1. The van der Waals surface area contributed by atoms with Crippen LogP contribution in [0.15, 0.2) is 47.5 Å². The smallest absolute Gasteiger partial charge is 0.265 e. The Hall–Kier alpha value is -2.79. The molecule has 1 atom stereocenters. The summed E-state index contributed by atoms with van der Waals surface area (Å²) in [5, 5.41) is 8.93. The molecule has 0 spiro atoms. The Morgan fingerprint density at radius 1 is 1.16 bits per heavy atom. The number of rotatable bonds is 4. The van der Waals surface area contributed by atoms with Crippen molar-refractivity contribution in [3.8, 4) is 0 Å². The molecule has 0 saturated carbocycles. The number of anilines is 1. The third-order valence-corrected chi connectivity index (χ3v) is 4.29. The molecule has 2 aromatic carbocycles. The molecule has 0 aliphatic carbocycles. The lowest BCUT2D eigenvalue weighted by Gasteiger charge is -2.31. The van der Waals surface area contributed by atoms with E-state index >= 15 is 0 Å². The van der Waals surface area contributed by atoms with Crippen molar-refractivity contribution >= 4 is 23.7 Å². The lowest BCUT2D eigenvalue weighted by atomic mass is 9.88. The highest BCUT2D eigenvalue weighted by molar-refractivity contribution is 6.29. The number of hydrogen-bond acceptors (Lipinski definition) is 4. The van der Waals surface area contributed by atoms with Gasteiger partial charge >= 0.3 is 0 Å². The Kier molecular flexibility index (Phi) is 4.76. The number of nitrogens with zero attached hydrogens (tertiary/aromatic N) is 2. The molecule has 128 valence electrons. The van der Waals surface area contributed by atoms with Gasteiger partial charge in [-0.05, 0) is 37.1 Å². The summed E-state index contributed by atoms with van der Waals surface area (Å²) >= 11 is 0. The minimum atomic E-state index is -0.638. The summed E-state index contributed by atoms with van der Waals surface area (Å²) in [5.74, 6) is -1.28. The van der Waals surface area contributed by atoms with E-state index in [1.807, 2.05) is 26.0 Å². The third kappa shape index (κ3) is 3.10. The number of aliphatic imine (C=N–C) groups is 1. The second-order valence-corrected chi connectivity index (χ2v) is 6.11. The molecule has 5 heteroatoms. The molecule has 0 fully saturated rings. The van der Waals surface area contributed by atoms with E-state index in [4.69, 9.17) is 5.11 Å². The van der Waals surface area contributed by atoms with Crippen LogP contribution in [0.25, 0.3) is 0 Å². The zero-order valence-corrected chi connectivity index (χ0v) is 14.3. The van der Waals surface area contributed by atoms with Crippen LogP contribution in [-0.2, 0) is 4.79 Å². The van der Waals surface area contributed by atoms with Gasteiger partial charge in [0.2, 0.25) is 5.91 Å². The van der Waals surface area contributed by atoms with E-state index in [2.05, 4.69) is 4.99 Å². The molecule has 25 heavy (non-hydrogen) atoms. The fourth-order valence-corrected chi connectivity index (χ4v) is 3.12. The molecule has 3 rings (SSSR count). The maximum atomic E-state index is 13.1. The summed E-state index contributed by atoms with van der Waals surface area (Å²) in [6, 6.07) is 12.7. The standard InChI is InChI=1S/C20H20N2O3/c1-13-7-8-18(14(2)11-13)22-19(24)16-6-4-3-5-15(16)17(20(22)25)12-21-9-10-23/h3-8,11-12,17,23H,9-10H2,1-2H3/t17-/m1/s1. The second-order valence-electron chi connectivity index (χ2n) is 6.11. The first-order valence-electron chi connectivity index (χ1n) is 8.20. The van der Waals surface area contributed by atoms with Crippen LogP contribution in [-0.4, -0.2) is 36.3 Å². The van der Waals surface area contributed by atoms with Crippen molar-refractivity contribution < 1.29 is 14.7 Å². The number of carbonyl (C=O) groups is 2. The second kappa shape index (κ2) is 6.99. The molecule has 1 heterocycles. The van der Waals surface area contributed by atoms with Gasteiger partial charge in [0, 0.05) is 11.8 Å². The molecule has 2 amide bonds. The van der Waals surface area contributed by atoms with Crippen LogP contribution in [0.3, 0.4) is 0 Å². The van der Waals surface area contributed by atoms with Crippen molar-refractivity contribution in [2.45, 2.75) is 19.8 Å². The lowest BCUT2D eigenvalue weighted by Crippen LogP contribution is -2.45. The summed E-state index contributed by atoms with van der Waals surface area (Å²) in [6.45, 7) is 4.00. The molecule has 0 bridgehead atoms. The molecule has 2 aromatic rings. The number of aliphatic hydroxyl groups is 1. The predicted octanol–water partition coefficient (Wildman–Crippen LogP) is 2.64. The van der Waals surface area contributed by atoms with Gasteiger partial charge in [0.25, 0.3) is 5.91 Å². The molecule has 5 nitrogen and oxygen atoms in total. The lowest BCUT2D eigenvalue weighted by molar-refractivity contribution is -0.118. The van der Waals surface area contributed by atoms with E-state index in [0.29, 0.717) is 16.8 Å². The average Bonchev–Trinajstić information content (AvgIpc) is 2.60. The summed E-state index contributed by atoms with van der Waals surface area (Å²) in [4.78, 5) is 31.4. The molecular formula is C20H20N2O3. The summed E-state index contributed by atoms with van der Waals surface area (Å²) in [6.07, 6.45) is 1.53. The fourth-order valence-electron chi connectivity index (χ4n) is 3.12. The molecule has 0 radical (unpaired) electrons. The van der Waals surface area contributed by atoms with Crippen molar-refractivity contribution in [2.75, 3.05) is 18.1 Å². The first kappa shape index (κ1) is 17.0. The Morgan fingerprint density at radius 3 is 2.64 bits per heavy atom. The van der Waals surface area contributed by atoms with Gasteiger partial charge in [-0.2, -0.15) is 0 Å². The molecule has 0 saturated heterocycles. The highest BCUT2D eigenvalue weighted by Gasteiger charge is 2.39. The minimum absolute atomic E-state index is 0.0846. The number of aliphatic hydroxyl groups excluding tert-OH is 1. The minimum Gasteiger partial charge on any atom is -0.394 e. The normalized spacial score (nSPS) is 17.2. The molecule has 0 aromatic heterocycles. The maximum Gasteiger partial charge on any atom is 0.265 e. The largest absolute Gasteiger partial charge is 0.394 e. The number of fused-ring (bicyclic) bond motifs is 1. The van der Waals surface area contributed by atoms with Crippen LogP contribution in [0.5, 0.6) is 0 Å². The van der Waals surface area contributed by atoms with Crippen molar-refractivity contribution in [3.05, 3.63) is 64.7 Å². The van der Waals surface area contributed by atoms with Gasteiger partial charge in [0.1, 0.15) is 0 Å². The zero-order chi connectivity index (χ0) is 18.0. The van der Waals surface area contributed by atoms with Crippen LogP contribution < -0.4 is 4.90 Å². The Balaban J connectivity index is 2.12. The Labute approximate surface area is 146 Å². The van der Waals surface area contributed by atoms with E-state index in [9.17, 15) is 9.59 Å². The molecule has 1 aliphatic rings. The molecule has 0 unspecified atom stereocenters. The first-order valence-corrected chi connectivity index (χ1v) is 8.20. The van der Waals surface area contributed by atoms with Crippen molar-refractivity contribution in [1.29, 1.82) is 0 Å². The van der Waals surface area contributed by atoms with Gasteiger partial charge in [0.05, 0.1) is 24.8 Å². The van der Waals surface area contributed by atoms with Crippen LogP contribution in [0.2, 0.25) is 0 Å². The quantitative estimate of drug-likeness (QED) is 0.689. The fraction of sp³-hybridized carbons (Fsp3) is 0.250. The van der Waals surface area contributed by atoms with Gasteiger partial charge in [-0.1, -0.05) is 35.9 Å². The summed E-state index contributed by atoms with van der Waals surface area (Å²) in [7, 11) is 0. The Morgan fingerprint density at radius 2 is 1.92 bits per heavy atom. The molecular weight excluding hydrogens is 316 g/mol. The monoisotopic (exact) mass is 336 g/mol. The van der Waals surface area contributed by atoms with Gasteiger partial charge in [-0.3, -0.25) is 14.6 Å². The van der Waals surface area contributed by atoms with Crippen LogP contribution in [0.4, 0.5) is 5.69 Å². The number of imide groups is 1. The van der Waals surface area contributed by atoms with Gasteiger partial charge < -0.3 is 5.11 Å². The highest BCUT2D eigenvalue weighted by Crippen LogP contribution is 2.33. The number of carbonyl (C=O) groups excluding carboxylic acids is 2. The number of amides is 2. The van der Waals surface area contributed by atoms with E-state index in [1.165, 1.54) is 11.1 Å². The number of aryl methyl sites for hydroxylation is 2. The Bertz CT molecular complexity index is 858. The average molecular weight is 336 g/mol. The zero-order valence-electron chi connectivity index (χ0n) is 14.3. The molecule has 1 aliphatic heterocycles. The van der Waals surface area contributed by atoms with E-state index in [0.717, 1.165) is 11.1 Å². The predicted molar refractivity (Wildman–Crippen MR) is 97.4 cm³/mol. The summed E-state index contributed by atoms with van der Waals surface area (Å²) < 4.78 is 0. The van der Waals surface area contributed by atoms with Crippen molar-refractivity contribution in [2.24, 2.45) is 4.99 Å². The van der Waals surface area contributed by atoms with E-state index < -0.39 is 5.92 Å². The third-order valence-electron chi connectivity index (χ3n) is 4.29. The van der Waals surface area contributed by atoms with Gasteiger partial charge in [0.15, 0.2) is 0 Å². The first-order chi connectivity index (χ1) is 12.0. The van der Waals surface area contributed by atoms with Gasteiger partial charge in [-0.15, -0.1) is 0 Å². The van der Waals surface area contributed by atoms with Crippen LogP contribution >= 0.6 is 0 Å². The van der Waals surface area contributed by atoms with E-state index in [1.54, 1.807) is 30.3 Å². The summed E-state index contributed by atoms with van der Waals surface area (Å²) in [5.41, 5.74) is 3.69. The topological polar surface area (TPSA) is 70.0 Å². The van der Waals surface area contributed by atoms with Crippen molar-refractivity contribution in [1.82, 2.24) is 0 Å². The number of benzene rings is 2.